The smallest absolute Gasteiger partial charge is 0.0301 e. The lowest BCUT2D eigenvalue weighted by Crippen LogP contribution is -2.34. The van der Waals surface area contributed by atoms with Crippen molar-refractivity contribution in [3.05, 3.63) is 12.7 Å². The molecule has 0 aliphatic heterocycles. The van der Waals surface area contributed by atoms with Gasteiger partial charge in [0.2, 0.25) is 0 Å². The van der Waals surface area contributed by atoms with Crippen LogP contribution in [0, 0.1) is 5.41 Å². The fourth-order valence-electron chi connectivity index (χ4n) is 1.42. The van der Waals surface area contributed by atoms with Gasteiger partial charge < -0.3 is 5.32 Å². The highest BCUT2D eigenvalue weighted by Crippen LogP contribution is 2.48. The van der Waals surface area contributed by atoms with Gasteiger partial charge in [0, 0.05) is 6.04 Å². The van der Waals surface area contributed by atoms with Crippen molar-refractivity contribution < 1.29 is 0 Å². The molecule has 1 heteroatoms. The molecule has 0 aromatic carbocycles. The van der Waals surface area contributed by atoms with Crippen LogP contribution in [0.15, 0.2) is 12.7 Å². The monoisotopic (exact) mass is 153 g/mol. The molecule has 0 amide bonds. The van der Waals surface area contributed by atoms with E-state index in [4.69, 9.17) is 0 Å². The summed E-state index contributed by atoms with van der Waals surface area (Å²) >= 11 is 0. The zero-order chi connectivity index (χ0) is 8.32. The maximum Gasteiger partial charge on any atom is 0.0301 e. The van der Waals surface area contributed by atoms with Crippen LogP contribution in [0.3, 0.4) is 0 Å². The van der Waals surface area contributed by atoms with E-state index in [0.29, 0.717) is 11.5 Å². The first kappa shape index (κ1) is 8.79. The molecule has 0 saturated heterocycles. The van der Waals surface area contributed by atoms with Gasteiger partial charge >= 0.3 is 0 Å². The van der Waals surface area contributed by atoms with Gasteiger partial charge in [-0.2, -0.15) is 0 Å². The minimum atomic E-state index is 0.539. The standard InChI is InChI=1S/C10H19N/c1-4-8-11-9(5-2)10(3)6-7-10/h5,9,11H,2,4,6-8H2,1,3H3. The largest absolute Gasteiger partial charge is 0.310 e. The maximum absolute atomic E-state index is 3.86. The third-order valence-electron chi connectivity index (χ3n) is 2.64. The van der Waals surface area contributed by atoms with E-state index in [9.17, 15) is 0 Å². The van der Waals surface area contributed by atoms with Crippen molar-refractivity contribution in [2.75, 3.05) is 6.54 Å². The van der Waals surface area contributed by atoms with Crippen molar-refractivity contribution in [2.24, 2.45) is 5.41 Å². The molecule has 64 valence electrons. The summed E-state index contributed by atoms with van der Waals surface area (Å²) < 4.78 is 0. The number of hydrogen-bond acceptors (Lipinski definition) is 1. The molecular formula is C10H19N. The Morgan fingerprint density at radius 2 is 2.27 bits per heavy atom. The van der Waals surface area contributed by atoms with Crippen molar-refractivity contribution in [3.8, 4) is 0 Å². The summed E-state index contributed by atoms with van der Waals surface area (Å²) in [7, 11) is 0. The first-order valence-corrected chi connectivity index (χ1v) is 4.59. The van der Waals surface area contributed by atoms with Gasteiger partial charge in [-0.1, -0.05) is 19.9 Å². The Balaban J connectivity index is 2.31. The van der Waals surface area contributed by atoms with Crippen molar-refractivity contribution in [2.45, 2.75) is 39.2 Å². The number of rotatable bonds is 5. The fraction of sp³-hybridized carbons (Fsp3) is 0.800. The molecule has 1 rings (SSSR count). The third kappa shape index (κ3) is 2.06. The van der Waals surface area contributed by atoms with Gasteiger partial charge in [0.25, 0.3) is 0 Å². The molecule has 0 bridgehead atoms. The van der Waals surface area contributed by atoms with Gasteiger partial charge in [0.1, 0.15) is 0 Å². The molecule has 1 nitrogen and oxygen atoms in total. The summed E-state index contributed by atoms with van der Waals surface area (Å²) in [6.07, 6.45) is 5.99. The Morgan fingerprint density at radius 1 is 1.64 bits per heavy atom. The van der Waals surface area contributed by atoms with Gasteiger partial charge in [0.05, 0.1) is 0 Å². The van der Waals surface area contributed by atoms with Crippen LogP contribution in [0.2, 0.25) is 0 Å². The summed E-state index contributed by atoms with van der Waals surface area (Å²) in [5, 5.41) is 3.50. The zero-order valence-electron chi connectivity index (χ0n) is 7.69. The highest BCUT2D eigenvalue weighted by Gasteiger charge is 2.42. The normalized spacial score (nSPS) is 22.7. The second-order valence-electron chi connectivity index (χ2n) is 3.82. The minimum Gasteiger partial charge on any atom is -0.310 e. The average Bonchev–Trinajstić information content (AvgIpc) is 2.71. The van der Waals surface area contributed by atoms with Crippen molar-refractivity contribution in [1.82, 2.24) is 5.32 Å². The van der Waals surface area contributed by atoms with Crippen molar-refractivity contribution in [3.63, 3.8) is 0 Å². The van der Waals surface area contributed by atoms with Crippen LogP contribution >= 0.6 is 0 Å². The van der Waals surface area contributed by atoms with Crippen LogP contribution in [-0.2, 0) is 0 Å². The van der Waals surface area contributed by atoms with Gasteiger partial charge in [-0.3, -0.25) is 0 Å². The molecule has 11 heavy (non-hydrogen) atoms. The Hall–Kier alpha value is -0.300. The van der Waals surface area contributed by atoms with E-state index in [0.717, 1.165) is 6.54 Å². The summed E-state index contributed by atoms with van der Waals surface area (Å²) in [5.41, 5.74) is 0.539. The molecule has 1 aliphatic rings. The van der Waals surface area contributed by atoms with Gasteiger partial charge in [-0.25, -0.2) is 0 Å². The predicted octanol–water partition coefficient (Wildman–Crippen LogP) is 2.34. The SMILES string of the molecule is C=CC(NCCC)C1(C)CC1. The Morgan fingerprint density at radius 3 is 2.64 bits per heavy atom. The van der Waals surface area contributed by atoms with Crippen LogP contribution in [0.25, 0.3) is 0 Å². The molecule has 1 atom stereocenters. The molecule has 1 aliphatic carbocycles. The van der Waals surface area contributed by atoms with Crippen molar-refractivity contribution >= 4 is 0 Å². The summed E-state index contributed by atoms with van der Waals surface area (Å²) in [5.74, 6) is 0. The molecule has 0 aromatic rings. The minimum absolute atomic E-state index is 0.539. The molecular weight excluding hydrogens is 134 g/mol. The highest BCUT2D eigenvalue weighted by molar-refractivity contribution is 5.06. The van der Waals surface area contributed by atoms with Crippen LogP contribution in [0.4, 0.5) is 0 Å². The van der Waals surface area contributed by atoms with E-state index in [-0.39, 0.29) is 0 Å². The van der Waals surface area contributed by atoms with Crippen LogP contribution in [0.5, 0.6) is 0 Å². The zero-order valence-corrected chi connectivity index (χ0v) is 7.69. The summed E-state index contributed by atoms with van der Waals surface area (Å²) in [6, 6.07) is 0.544. The lowest BCUT2D eigenvalue weighted by Gasteiger charge is -2.20. The third-order valence-corrected chi connectivity index (χ3v) is 2.64. The number of nitrogens with one attached hydrogen (secondary N) is 1. The van der Waals surface area contributed by atoms with Gasteiger partial charge in [-0.05, 0) is 31.2 Å². The predicted molar refractivity (Wildman–Crippen MR) is 49.6 cm³/mol. The Kier molecular flexibility index (Phi) is 2.72. The van der Waals surface area contributed by atoms with E-state index in [1.165, 1.54) is 19.3 Å². The molecule has 0 aromatic heterocycles. The molecule has 0 radical (unpaired) electrons. The molecule has 1 fully saturated rings. The quantitative estimate of drug-likeness (QED) is 0.598. The average molecular weight is 153 g/mol. The summed E-state index contributed by atoms with van der Waals surface area (Å²) in [4.78, 5) is 0. The van der Waals surface area contributed by atoms with Crippen molar-refractivity contribution in [1.29, 1.82) is 0 Å². The Labute approximate surface area is 69.9 Å². The molecule has 1 N–H and O–H groups in total. The van der Waals surface area contributed by atoms with Crippen LogP contribution in [-0.4, -0.2) is 12.6 Å². The van der Waals surface area contributed by atoms with E-state index in [1.54, 1.807) is 0 Å². The summed E-state index contributed by atoms with van der Waals surface area (Å²) in [6.45, 7) is 9.51. The molecule has 0 spiro atoms. The molecule has 1 unspecified atom stereocenters. The van der Waals surface area contributed by atoms with Gasteiger partial charge in [-0.15, -0.1) is 6.58 Å². The molecule has 1 saturated carbocycles. The highest BCUT2D eigenvalue weighted by atomic mass is 14.9. The lowest BCUT2D eigenvalue weighted by molar-refractivity contribution is 0.417. The van der Waals surface area contributed by atoms with Gasteiger partial charge in [0.15, 0.2) is 0 Å². The lowest BCUT2D eigenvalue weighted by atomic mass is 9.99. The maximum atomic E-state index is 3.86. The van der Waals surface area contributed by atoms with Crippen LogP contribution < -0.4 is 5.32 Å². The fourth-order valence-corrected chi connectivity index (χ4v) is 1.42. The first-order chi connectivity index (χ1) is 5.23. The topological polar surface area (TPSA) is 12.0 Å². The van der Waals surface area contributed by atoms with E-state index < -0.39 is 0 Å². The molecule has 0 heterocycles. The first-order valence-electron chi connectivity index (χ1n) is 4.59. The number of hydrogen-bond donors (Lipinski definition) is 1. The van der Waals surface area contributed by atoms with E-state index in [1.807, 2.05) is 0 Å². The second-order valence-corrected chi connectivity index (χ2v) is 3.82. The van der Waals surface area contributed by atoms with Crippen LogP contribution in [0.1, 0.15) is 33.1 Å². The van der Waals surface area contributed by atoms with E-state index >= 15 is 0 Å². The van der Waals surface area contributed by atoms with E-state index in [2.05, 4.69) is 31.8 Å². The second kappa shape index (κ2) is 3.40. The Bertz CT molecular complexity index is 136.